The number of fused-ring (bicyclic) bond motifs is 2. The van der Waals surface area contributed by atoms with Crippen molar-refractivity contribution in [3.05, 3.63) is 41.0 Å². The number of ketones is 1. The number of phenols is 2. The van der Waals surface area contributed by atoms with E-state index in [-0.39, 0.29) is 28.6 Å². The summed E-state index contributed by atoms with van der Waals surface area (Å²) in [5, 5.41) is 41.5. The van der Waals surface area contributed by atoms with Crippen molar-refractivity contribution < 1.29 is 39.4 Å². The van der Waals surface area contributed by atoms with Gasteiger partial charge in [0.05, 0.1) is 12.7 Å². The molecule has 2 aliphatic heterocycles. The number of methoxy groups -OCH3 is 1. The molecule has 4 N–H and O–H groups in total. The Balaban J connectivity index is 1.64. The maximum absolute atomic E-state index is 13.1. The highest BCUT2D eigenvalue weighted by Gasteiger charge is 2.42. The molecule has 0 aromatic heterocycles. The van der Waals surface area contributed by atoms with Crippen molar-refractivity contribution in [3.63, 3.8) is 0 Å². The summed E-state index contributed by atoms with van der Waals surface area (Å²) in [5.41, 5.74) is -0.326. The van der Waals surface area contributed by atoms with Gasteiger partial charge in [0, 0.05) is 11.6 Å². The summed E-state index contributed by atoms with van der Waals surface area (Å²) in [6, 6.07) is 6.04. The van der Waals surface area contributed by atoms with Gasteiger partial charge in [0.25, 0.3) is 0 Å². The van der Waals surface area contributed by atoms with Crippen LogP contribution in [0, 0.1) is 0 Å². The topological polar surface area (TPSA) is 126 Å². The predicted octanol–water partition coefficient (Wildman–Crippen LogP) is 3.81. The number of ether oxygens (including phenoxy) is 3. The van der Waals surface area contributed by atoms with Crippen LogP contribution in [0.1, 0.15) is 74.0 Å². The summed E-state index contributed by atoms with van der Waals surface area (Å²) in [6.45, 7) is 5.55. The number of benzene rings is 2. The average Bonchev–Trinajstić information content (AvgIpc) is 2.75. The van der Waals surface area contributed by atoms with Crippen molar-refractivity contribution in [1.82, 2.24) is 0 Å². The minimum atomic E-state index is -1.54. The summed E-state index contributed by atoms with van der Waals surface area (Å²) in [5.74, 6) is -0.185. The molecule has 2 aliphatic rings. The van der Waals surface area contributed by atoms with Gasteiger partial charge in [-0.15, -0.1) is 0 Å². The molecule has 8 nitrogen and oxygen atoms in total. The highest BCUT2D eigenvalue weighted by atomic mass is 16.5. The molecule has 8 heteroatoms. The second kappa shape index (κ2) is 8.67. The van der Waals surface area contributed by atoms with Crippen molar-refractivity contribution in [1.29, 1.82) is 0 Å². The molecule has 1 unspecified atom stereocenters. The van der Waals surface area contributed by atoms with Gasteiger partial charge in [-0.2, -0.15) is 0 Å². The fourth-order valence-electron chi connectivity index (χ4n) is 4.71. The molecule has 0 aliphatic carbocycles. The van der Waals surface area contributed by atoms with Gasteiger partial charge in [-0.1, -0.05) is 6.07 Å². The third-order valence-electron chi connectivity index (χ3n) is 6.67. The van der Waals surface area contributed by atoms with E-state index >= 15 is 0 Å². The van der Waals surface area contributed by atoms with E-state index in [0.29, 0.717) is 36.1 Å². The van der Waals surface area contributed by atoms with Gasteiger partial charge in [0.1, 0.15) is 28.4 Å². The highest BCUT2D eigenvalue weighted by Crippen LogP contribution is 2.49. The Labute approximate surface area is 198 Å². The smallest absolute Gasteiger partial charge is 0.202 e. The molecule has 184 valence electrons. The van der Waals surface area contributed by atoms with Crippen LogP contribution in [0.4, 0.5) is 0 Å². The summed E-state index contributed by atoms with van der Waals surface area (Å²) in [7, 11) is 1.40. The molecule has 0 radical (unpaired) electrons. The number of Topliss-reactive ketones (excluding diaryl/α,β-unsaturated/α-hetero) is 1. The number of carbonyl (C=O) groups is 1. The molecular formula is C26H32O8. The predicted molar refractivity (Wildman–Crippen MR) is 124 cm³/mol. The first-order valence-corrected chi connectivity index (χ1v) is 11.5. The molecule has 3 atom stereocenters. The third kappa shape index (κ3) is 4.52. The first kappa shape index (κ1) is 24.2. The van der Waals surface area contributed by atoms with E-state index in [4.69, 9.17) is 14.2 Å². The number of hydrogen-bond acceptors (Lipinski definition) is 8. The van der Waals surface area contributed by atoms with Crippen LogP contribution >= 0.6 is 0 Å². The Hall–Kier alpha value is -2.97. The van der Waals surface area contributed by atoms with Crippen molar-refractivity contribution in [2.75, 3.05) is 7.11 Å². The molecule has 2 aromatic rings. The van der Waals surface area contributed by atoms with Gasteiger partial charge in [0.15, 0.2) is 23.7 Å². The van der Waals surface area contributed by atoms with Gasteiger partial charge in [-0.05, 0) is 70.6 Å². The minimum absolute atomic E-state index is 0.0533. The van der Waals surface area contributed by atoms with E-state index in [1.807, 2.05) is 6.92 Å². The largest absolute Gasteiger partial charge is 0.507 e. The van der Waals surface area contributed by atoms with Crippen LogP contribution in [-0.4, -0.2) is 50.6 Å². The van der Waals surface area contributed by atoms with Gasteiger partial charge >= 0.3 is 0 Å². The van der Waals surface area contributed by atoms with E-state index in [2.05, 4.69) is 0 Å². The molecular weight excluding hydrogens is 440 g/mol. The Bertz CT molecular complexity index is 1100. The fourth-order valence-corrected chi connectivity index (χ4v) is 4.71. The number of aromatic hydroxyl groups is 2. The molecule has 0 spiro atoms. The van der Waals surface area contributed by atoms with Crippen LogP contribution in [0.25, 0.3) is 0 Å². The van der Waals surface area contributed by atoms with E-state index in [1.165, 1.54) is 19.2 Å². The monoisotopic (exact) mass is 472 g/mol. The standard InChI is InChI=1S/C26H32O8/c1-25(2,31)9-5-10-26(3)11-8-15-17(34-26)13-19-20(21(15)28)22(29)23(30)24(33-19)14-6-7-16(27)18(12-14)32-4/h6-7,12-13,23-24,27-28,30-31H,5,8-11H2,1-4H3/t23-,24+,26?/m0/s1. The Kier molecular flexibility index (Phi) is 6.16. The lowest BCUT2D eigenvalue weighted by atomic mass is 9.84. The van der Waals surface area contributed by atoms with Crippen LogP contribution in [0.2, 0.25) is 0 Å². The first-order chi connectivity index (χ1) is 15.9. The zero-order valence-corrected chi connectivity index (χ0v) is 19.9. The molecule has 2 aromatic carbocycles. The zero-order chi connectivity index (χ0) is 24.8. The molecule has 0 amide bonds. The average molecular weight is 473 g/mol. The van der Waals surface area contributed by atoms with Crippen LogP contribution in [0.15, 0.2) is 24.3 Å². The van der Waals surface area contributed by atoms with Crippen LogP contribution in [0.5, 0.6) is 28.7 Å². The lowest BCUT2D eigenvalue weighted by Gasteiger charge is -2.38. The van der Waals surface area contributed by atoms with Gasteiger partial charge in [-0.25, -0.2) is 0 Å². The molecule has 34 heavy (non-hydrogen) atoms. The Morgan fingerprint density at radius 2 is 1.94 bits per heavy atom. The van der Waals surface area contributed by atoms with Crippen LogP contribution < -0.4 is 14.2 Å². The molecule has 0 saturated heterocycles. The van der Waals surface area contributed by atoms with E-state index in [0.717, 1.165) is 12.8 Å². The summed E-state index contributed by atoms with van der Waals surface area (Å²) in [6.07, 6.45) is 0.708. The minimum Gasteiger partial charge on any atom is -0.507 e. The van der Waals surface area contributed by atoms with Crippen molar-refractivity contribution >= 4 is 5.78 Å². The van der Waals surface area contributed by atoms with Crippen molar-refractivity contribution in [3.8, 4) is 28.7 Å². The maximum atomic E-state index is 13.1. The van der Waals surface area contributed by atoms with Crippen LogP contribution in [0.3, 0.4) is 0 Å². The number of hydrogen-bond donors (Lipinski definition) is 4. The normalized spacial score (nSPS) is 24.0. The van der Waals surface area contributed by atoms with Crippen LogP contribution in [-0.2, 0) is 6.42 Å². The lowest BCUT2D eigenvalue weighted by molar-refractivity contribution is 0.0189. The fraction of sp³-hybridized carbons (Fsp3) is 0.500. The summed E-state index contributed by atoms with van der Waals surface area (Å²) >= 11 is 0. The number of rotatable bonds is 6. The second-order valence-corrected chi connectivity index (χ2v) is 10.1. The van der Waals surface area contributed by atoms with Gasteiger partial charge < -0.3 is 34.6 Å². The highest BCUT2D eigenvalue weighted by molar-refractivity contribution is 6.06. The summed E-state index contributed by atoms with van der Waals surface area (Å²) in [4.78, 5) is 13.1. The second-order valence-electron chi connectivity index (χ2n) is 10.1. The molecule has 0 fully saturated rings. The molecule has 2 heterocycles. The number of aliphatic hydroxyl groups is 2. The van der Waals surface area contributed by atoms with E-state index in [9.17, 15) is 25.2 Å². The van der Waals surface area contributed by atoms with Gasteiger partial charge in [0.2, 0.25) is 5.78 Å². The maximum Gasteiger partial charge on any atom is 0.202 e. The number of carbonyl (C=O) groups excluding carboxylic acids is 1. The third-order valence-corrected chi connectivity index (χ3v) is 6.67. The molecule has 0 saturated carbocycles. The lowest BCUT2D eigenvalue weighted by Crippen LogP contribution is -2.39. The van der Waals surface area contributed by atoms with Crippen molar-refractivity contribution in [2.24, 2.45) is 0 Å². The van der Waals surface area contributed by atoms with Gasteiger partial charge in [-0.3, -0.25) is 4.79 Å². The Morgan fingerprint density at radius 3 is 2.62 bits per heavy atom. The van der Waals surface area contributed by atoms with Crippen molar-refractivity contribution in [2.45, 2.75) is 76.3 Å². The SMILES string of the molecule is COc1cc([C@H]2Oc3cc4c(c(O)c3C(=O)[C@@H]2O)CCC(C)(CCCC(C)(C)O)O4)ccc1O. The zero-order valence-electron chi connectivity index (χ0n) is 19.9. The summed E-state index contributed by atoms with van der Waals surface area (Å²) < 4.78 is 17.4. The number of aliphatic hydroxyl groups excluding tert-OH is 1. The first-order valence-electron chi connectivity index (χ1n) is 11.5. The van der Waals surface area contributed by atoms with E-state index < -0.39 is 29.2 Å². The Morgan fingerprint density at radius 1 is 1.21 bits per heavy atom. The molecule has 4 rings (SSSR count). The number of phenolic OH excluding ortho intramolecular Hbond substituents is 2. The molecule has 0 bridgehead atoms. The quantitative estimate of drug-likeness (QED) is 0.500. The van der Waals surface area contributed by atoms with E-state index in [1.54, 1.807) is 26.0 Å².